The molecule has 250 valence electrons. The number of alkyl halides is 2. The van der Waals surface area contributed by atoms with Crippen LogP contribution in [0, 0.1) is 10.1 Å². The van der Waals surface area contributed by atoms with Gasteiger partial charge in [-0.1, -0.05) is 19.9 Å². The van der Waals surface area contributed by atoms with Crippen molar-refractivity contribution in [1.82, 2.24) is 0 Å². The van der Waals surface area contributed by atoms with Crippen molar-refractivity contribution in [2.24, 2.45) is 0 Å². The lowest BCUT2D eigenvalue weighted by atomic mass is 10.1. The number of benzene rings is 2. The number of non-ortho nitro benzene ring substituents is 1. The molecule has 1 heterocycles. The fourth-order valence-electron chi connectivity index (χ4n) is 3.58. The minimum atomic E-state index is -5.70. The molecule has 0 saturated carbocycles. The first-order valence-electron chi connectivity index (χ1n) is 13.7. The fraction of sp³-hybridized carbons (Fsp3) is 0.393. The van der Waals surface area contributed by atoms with Crippen LogP contribution in [0.2, 0.25) is 0 Å². The molecule has 0 amide bonds. The predicted octanol–water partition coefficient (Wildman–Crippen LogP) is 8.12. The van der Waals surface area contributed by atoms with Crippen LogP contribution in [-0.4, -0.2) is 49.0 Å². The van der Waals surface area contributed by atoms with Gasteiger partial charge < -0.3 is 23.7 Å². The Balaban J connectivity index is 1.88. The number of ether oxygens (including phenoxy) is 5. The van der Waals surface area contributed by atoms with Gasteiger partial charge in [-0.15, -0.1) is 11.3 Å². The highest BCUT2D eigenvalue weighted by atomic mass is 32.1. The van der Waals surface area contributed by atoms with Crippen molar-refractivity contribution in [2.75, 3.05) is 13.2 Å². The average Bonchev–Trinajstić information content (AvgIpc) is 3.43. The quantitative estimate of drug-likeness (QED) is 0.0374. The van der Waals surface area contributed by atoms with Gasteiger partial charge in [0.15, 0.2) is 0 Å². The third kappa shape index (κ3) is 9.42. The Morgan fingerprint density at radius 1 is 0.913 bits per heavy atom. The van der Waals surface area contributed by atoms with Crippen LogP contribution in [0.3, 0.4) is 0 Å². The van der Waals surface area contributed by atoms with E-state index < -0.39 is 54.6 Å². The molecule has 46 heavy (non-hydrogen) atoms. The zero-order chi connectivity index (χ0) is 34.1. The zero-order valence-electron chi connectivity index (χ0n) is 25.0. The monoisotopic (exact) mass is 689 g/mol. The van der Waals surface area contributed by atoms with Crippen LogP contribution in [0.15, 0.2) is 48.5 Å². The third-order valence-corrected chi connectivity index (χ3v) is 8.80. The lowest BCUT2D eigenvalue weighted by Gasteiger charge is -2.30. The minimum Gasteiger partial charge on any atom is -0.434 e. The van der Waals surface area contributed by atoms with Crippen LogP contribution in [0.25, 0.3) is 10.1 Å². The van der Waals surface area contributed by atoms with Crippen molar-refractivity contribution in [3.63, 3.8) is 0 Å². The summed E-state index contributed by atoms with van der Waals surface area (Å²) < 4.78 is 80.6. The summed E-state index contributed by atoms with van der Waals surface area (Å²) in [5.41, 5.74) is -5.52. The van der Waals surface area contributed by atoms with E-state index in [4.69, 9.17) is 32.7 Å². The minimum absolute atomic E-state index is 0.00438. The second kappa shape index (κ2) is 15.9. The summed E-state index contributed by atoms with van der Waals surface area (Å²) in [6.45, 7) is 5.35. The second-order valence-corrected chi connectivity index (χ2v) is 12.4. The van der Waals surface area contributed by atoms with Crippen molar-refractivity contribution in [1.29, 1.82) is 0 Å². The number of hydrogen-bond donors (Lipinski definition) is 0. The van der Waals surface area contributed by atoms with Crippen LogP contribution in [-0.2, 0) is 38.2 Å². The van der Waals surface area contributed by atoms with Gasteiger partial charge in [-0.3, -0.25) is 23.7 Å². The smallest absolute Gasteiger partial charge is 0.434 e. The van der Waals surface area contributed by atoms with Gasteiger partial charge in [0.1, 0.15) is 10.6 Å². The molecule has 0 radical (unpaired) electrons. The third-order valence-electron chi connectivity index (χ3n) is 5.61. The lowest BCUT2D eigenvalue weighted by Crippen LogP contribution is -2.28. The van der Waals surface area contributed by atoms with Crippen molar-refractivity contribution in [3.05, 3.63) is 69.1 Å². The van der Waals surface area contributed by atoms with E-state index in [-0.39, 0.29) is 34.9 Å². The van der Waals surface area contributed by atoms with Crippen molar-refractivity contribution in [3.8, 4) is 5.75 Å². The molecule has 2 unspecified atom stereocenters. The molecule has 2 aromatic carbocycles. The van der Waals surface area contributed by atoms with Gasteiger partial charge in [-0.25, -0.2) is 14.4 Å². The fourth-order valence-corrected chi connectivity index (χ4v) is 6.14. The summed E-state index contributed by atoms with van der Waals surface area (Å²) >= 11 is 0.905. The molecule has 1 aromatic heterocycles. The number of fused-ring (bicyclic) bond motifs is 1. The number of carbonyl (C=O) groups is 3. The number of nitrogens with zero attached hydrogens (tertiary/aromatic N) is 1. The van der Waals surface area contributed by atoms with E-state index in [0.717, 1.165) is 49.4 Å². The molecule has 0 N–H and O–H groups in total. The molecule has 3 aromatic rings. The highest BCUT2D eigenvalue weighted by Gasteiger charge is 2.57. The largest absolute Gasteiger partial charge is 0.510 e. The van der Waals surface area contributed by atoms with E-state index in [2.05, 4.69) is 0 Å². The van der Waals surface area contributed by atoms with E-state index in [9.17, 15) is 29.1 Å². The SMILES string of the molecule is CCCOC(=O)OC(C)OP(=O)(OC(C)OC(=O)OCCC)C(F)(F)c1ccc2sc(C(=O)Oc3ccc([N+](=O)[O-])cc3)cc2c1. The van der Waals surface area contributed by atoms with Crippen LogP contribution in [0.4, 0.5) is 24.1 Å². The number of nitro benzene ring substituents is 1. The summed E-state index contributed by atoms with van der Waals surface area (Å²) in [6, 6.07) is 9.09. The molecule has 3 rings (SSSR count). The first-order valence-corrected chi connectivity index (χ1v) is 16.1. The summed E-state index contributed by atoms with van der Waals surface area (Å²) in [6.07, 6.45) is -5.41. The zero-order valence-corrected chi connectivity index (χ0v) is 26.7. The molecule has 0 aliphatic heterocycles. The van der Waals surface area contributed by atoms with Gasteiger partial charge in [-0.2, -0.15) is 8.78 Å². The summed E-state index contributed by atoms with van der Waals surface area (Å²) in [4.78, 5) is 46.6. The lowest BCUT2D eigenvalue weighted by molar-refractivity contribution is -0.384. The molecule has 14 nitrogen and oxygen atoms in total. The topological polar surface area (TPSA) is 176 Å². The summed E-state index contributed by atoms with van der Waals surface area (Å²) in [5.74, 6) is -0.845. The Bertz CT molecular complexity index is 1560. The van der Waals surface area contributed by atoms with Crippen LogP contribution in [0.5, 0.6) is 5.75 Å². The highest BCUT2D eigenvalue weighted by molar-refractivity contribution is 7.54. The first kappa shape index (κ1) is 36.3. The summed E-state index contributed by atoms with van der Waals surface area (Å²) in [5, 5.41) is 11.0. The Morgan fingerprint density at radius 2 is 1.46 bits per heavy atom. The summed E-state index contributed by atoms with van der Waals surface area (Å²) in [7, 11) is -5.70. The highest BCUT2D eigenvalue weighted by Crippen LogP contribution is 2.68. The Morgan fingerprint density at radius 3 is 1.96 bits per heavy atom. The first-order chi connectivity index (χ1) is 21.7. The molecule has 0 bridgehead atoms. The molecular weight excluding hydrogens is 659 g/mol. The van der Waals surface area contributed by atoms with Gasteiger partial charge in [-0.05, 0) is 62.4 Å². The van der Waals surface area contributed by atoms with Gasteiger partial charge >= 0.3 is 31.5 Å². The van der Waals surface area contributed by atoms with E-state index >= 15 is 8.78 Å². The normalized spacial score (nSPS) is 14.0. The number of carbonyl (C=O) groups excluding carboxylic acids is 3. The maximum Gasteiger partial charge on any atom is 0.510 e. The average molecular weight is 690 g/mol. The molecule has 0 spiro atoms. The van der Waals surface area contributed by atoms with Crippen molar-refractivity contribution < 1.29 is 65.4 Å². The molecule has 2 atom stereocenters. The Hall–Kier alpha value is -4.18. The number of hydrogen-bond acceptors (Lipinski definition) is 14. The molecule has 18 heteroatoms. The maximum atomic E-state index is 16.1. The van der Waals surface area contributed by atoms with E-state index in [1.54, 1.807) is 13.8 Å². The number of nitro groups is 1. The number of rotatable bonds is 15. The molecule has 0 aliphatic carbocycles. The van der Waals surface area contributed by atoms with Crippen molar-refractivity contribution in [2.45, 2.75) is 58.8 Å². The maximum absolute atomic E-state index is 16.1. The van der Waals surface area contributed by atoms with Crippen LogP contribution < -0.4 is 4.74 Å². The van der Waals surface area contributed by atoms with Crippen molar-refractivity contribution >= 4 is 53.0 Å². The van der Waals surface area contributed by atoms with Gasteiger partial charge in [0.2, 0.25) is 12.6 Å². The second-order valence-electron chi connectivity index (χ2n) is 9.32. The number of halogens is 2. The standard InChI is InChI=1S/C28H30F2NO13PS/c1-5-13-38-26(33)40-17(3)43-45(37,44-18(4)41-27(34)39-14-6-2)28(29,30)20-7-12-23-19(15-20)16-24(46-23)25(32)42-22-10-8-21(9-11-22)31(35)36/h7-12,15-18H,5-6,13-14H2,1-4H3. The van der Waals surface area contributed by atoms with E-state index in [1.165, 1.54) is 24.3 Å². The predicted molar refractivity (Wildman–Crippen MR) is 158 cm³/mol. The Labute approximate surface area is 265 Å². The van der Waals surface area contributed by atoms with Crippen LogP contribution >= 0.6 is 18.9 Å². The Kier molecular flexibility index (Phi) is 12.5. The van der Waals surface area contributed by atoms with Gasteiger partial charge in [0, 0.05) is 22.4 Å². The molecule has 0 aliphatic rings. The number of thiophene rings is 1. The molecule has 0 saturated heterocycles. The van der Waals surface area contributed by atoms with Gasteiger partial charge in [0.05, 0.1) is 18.1 Å². The molecule has 0 fully saturated rings. The number of esters is 1. The van der Waals surface area contributed by atoms with Crippen LogP contribution in [0.1, 0.15) is 55.8 Å². The molecular formula is C28H30F2NO13PS. The van der Waals surface area contributed by atoms with E-state index in [1.807, 2.05) is 0 Å². The van der Waals surface area contributed by atoms with E-state index in [0.29, 0.717) is 17.5 Å². The van der Waals surface area contributed by atoms with Gasteiger partial charge in [0.25, 0.3) is 5.69 Å².